The lowest BCUT2D eigenvalue weighted by Crippen LogP contribution is -2.33. The first-order valence-electron chi connectivity index (χ1n) is 6.29. The summed E-state index contributed by atoms with van der Waals surface area (Å²) in [6.07, 6.45) is 3.19. The molecule has 19 heavy (non-hydrogen) atoms. The molecule has 0 aromatic carbocycles. The fraction of sp³-hybridized carbons (Fsp3) is 0.538. The van der Waals surface area contributed by atoms with Crippen molar-refractivity contribution in [2.75, 3.05) is 0 Å². The molecule has 2 rings (SSSR count). The molecular weight excluding hydrogens is 330 g/mol. The van der Waals surface area contributed by atoms with E-state index in [4.69, 9.17) is 5.11 Å². The second kappa shape index (κ2) is 6.52. The van der Waals surface area contributed by atoms with E-state index in [1.165, 1.54) is 4.88 Å². The molecule has 0 spiro atoms. The molecule has 1 saturated carbocycles. The normalized spacial score (nSPS) is 22.4. The van der Waals surface area contributed by atoms with E-state index >= 15 is 0 Å². The Bertz CT molecular complexity index is 474. The van der Waals surface area contributed by atoms with Gasteiger partial charge in [0.15, 0.2) is 0 Å². The summed E-state index contributed by atoms with van der Waals surface area (Å²) in [5.74, 6) is -1.03. The SMILES string of the molecule is O=C(CCc1cc(Br)cs1)N[C@H]1CC[C@@H](C(=O)O)C1. The average Bonchev–Trinajstić information content (AvgIpc) is 2.96. The van der Waals surface area contributed by atoms with Crippen molar-refractivity contribution >= 4 is 39.1 Å². The Labute approximate surface area is 124 Å². The largest absolute Gasteiger partial charge is 0.481 e. The first kappa shape index (κ1) is 14.5. The minimum atomic E-state index is -0.750. The van der Waals surface area contributed by atoms with Gasteiger partial charge in [-0.25, -0.2) is 0 Å². The van der Waals surface area contributed by atoms with Crippen LogP contribution in [0.1, 0.15) is 30.6 Å². The number of hydrogen-bond acceptors (Lipinski definition) is 3. The van der Waals surface area contributed by atoms with E-state index in [0.717, 1.165) is 17.3 Å². The zero-order chi connectivity index (χ0) is 13.8. The number of aryl methyl sites for hydroxylation is 1. The van der Waals surface area contributed by atoms with Gasteiger partial charge < -0.3 is 10.4 Å². The van der Waals surface area contributed by atoms with Crippen LogP contribution in [0.3, 0.4) is 0 Å². The fourth-order valence-electron chi connectivity index (χ4n) is 2.36. The Kier molecular flexibility index (Phi) is 4.99. The third kappa shape index (κ3) is 4.31. The van der Waals surface area contributed by atoms with Crippen LogP contribution in [-0.4, -0.2) is 23.0 Å². The van der Waals surface area contributed by atoms with Crippen LogP contribution in [-0.2, 0) is 16.0 Å². The van der Waals surface area contributed by atoms with Gasteiger partial charge in [0.05, 0.1) is 5.92 Å². The average molecular weight is 346 g/mol. The maximum atomic E-state index is 11.8. The summed E-state index contributed by atoms with van der Waals surface area (Å²) in [6, 6.07) is 2.05. The number of thiophene rings is 1. The topological polar surface area (TPSA) is 66.4 Å². The smallest absolute Gasteiger partial charge is 0.306 e. The Morgan fingerprint density at radius 2 is 2.26 bits per heavy atom. The molecule has 0 bridgehead atoms. The molecule has 0 aliphatic heterocycles. The Morgan fingerprint density at radius 1 is 1.47 bits per heavy atom. The maximum absolute atomic E-state index is 11.8. The standard InChI is InChI=1S/C13H16BrNO3S/c14-9-6-11(19-7-9)3-4-12(16)15-10-2-1-8(5-10)13(17)18/h6-8,10H,1-5H2,(H,15,16)(H,17,18)/t8-,10+/m1/s1. The molecule has 2 atom stereocenters. The van der Waals surface area contributed by atoms with Gasteiger partial charge in [0, 0.05) is 27.2 Å². The highest BCUT2D eigenvalue weighted by molar-refractivity contribution is 9.10. The zero-order valence-corrected chi connectivity index (χ0v) is 12.8. The van der Waals surface area contributed by atoms with Gasteiger partial charge in [-0.15, -0.1) is 11.3 Å². The Hall–Kier alpha value is -0.880. The van der Waals surface area contributed by atoms with Crippen LogP contribution >= 0.6 is 27.3 Å². The Balaban J connectivity index is 1.72. The number of carbonyl (C=O) groups is 2. The summed E-state index contributed by atoms with van der Waals surface area (Å²) >= 11 is 5.02. The molecule has 2 N–H and O–H groups in total. The summed E-state index contributed by atoms with van der Waals surface area (Å²) in [4.78, 5) is 23.8. The molecule has 1 aromatic rings. The van der Waals surface area contributed by atoms with E-state index in [-0.39, 0.29) is 17.9 Å². The minimum Gasteiger partial charge on any atom is -0.481 e. The number of hydrogen-bond donors (Lipinski definition) is 2. The lowest BCUT2D eigenvalue weighted by molar-refractivity contribution is -0.141. The van der Waals surface area contributed by atoms with Gasteiger partial charge in [0.1, 0.15) is 0 Å². The fourth-order valence-corrected chi connectivity index (χ4v) is 3.81. The van der Waals surface area contributed by atoms with Gasteiger partial charge in [0.2, 0.25) is 5.91 Å². The summed E-state index contributed by atoms with van der Waals surface area (Å²) < 4.78 is 1.05. The van der Waals surface area contributed by atoms with E-state index < -0.39 is 5.97 Å². The van der Waals surface area contributed by atoms with Gasteiger partial charge in [-0.05, 0) is 47.7 Å². The predicted molar refractivity (Wildman–Crippen MR) is 77.2 cm³/mol. The molecule has 1 fully saturated rings. The van der Waals surface area contributed by atoms with Crippen LogP contribution < -0.4 is 5.32 Å². The maximum Gasteiger partial charge on any atom is 0.306 e. The molecular formula is C13H16BrNO3S. The molecule has 6 heteroatoms. The molecule has 0 radical (unpaired) electrons. The third-order valence-electron chi connectivity index (χ3n) is 3.37. The monoisotopic (exact) mass is 345 g/mol. The third-order valence-corrected chi connectivity index (χ3v) is 5.12. The Morgan fingerprint density at radius 3 is 2.84 bits per heavy atom. The minimum absolute atomic E-state index is 0.0144. The summed E-state index contributed by atoms with van der Waals surface area (Å²) in [5.41, 5.74) is 0. The van der Waals surface area contributed by atoms with Gasteiger partial charge in [-0.1, -0.05) is 0 Å². The van der Waals surface area contributed by atoms with Crippen molar-refractivity contribution in [1.29, 1.82) is 0 Å². The molecule has 4 nitrogen and oxygen atoms in total. The van der Waals surface area contributed by atoms with Crippen LogP contribution in [0.15, 0.2) is 15.9 Å². The van der Waals surface area contributed by atoms with Crippen molar-refractivity contribution in [3.63, 3.8) is 0 Å². The van der Waals surface area contributed by atoms with E-state index in [0.29, 0.717) is 19.3 Å². The molecule has 1 amide bonds. The van der Waals surface area contributed by atoms with Crippen molar-refractivity contribution in [2.24, 2.45) is 5.92 Å². The van der Waals surface area contributed by atoms with Crippen molar-refractivity contribution in [1.82, 2.24) is 5.32 Å². The van der Waals surface area contributed by atoms with E-state index in [1.807, 2.05) is 11.4 Å². The van der Waals surface area contributed by atoms with Crippen molar-refractivity contribution in [3.8, 4) is 0 Å². The number of carboxylic acid groups (broad SMARTS) is 1. The second-order valence-electron chi connectivity index (χ2n) is 4.84. The molecule has 104 valence electrons. The molecule has 1 aliphatic carbocycles. The van der Waals surface area contributed by atoms with Crippen LogP contribution in [0, 0.1) is 5.92 Å². The molecule has 0 unspecified atom stereocenters. The number of carbonyl (C=O) groups excluding carboxylic acids is 1. The predicted octanol–water partition coefficient (Wildman–Crippen LogP) is 2.81. The number of nitrogens with one attached hydrogen (secondary N) is 1. The summed E-state index contributed by atoms with van der Waals surface area (Å²) in [5, 5.41) is 13.8. The van der Waals surface area contributed by atoms with Crippen molar-refractivity contribution < 1.29 is 14.7 Å². The summed E-state index contributed by atoms with van der Waals surface area (Å²) in [7, 11) is 0. The number of halogens is 1. The van der Waals surface area contributed by atoms with Gasteiger partial charge >= 0.3 is 5.97 Å². The zero-order valence-electron chi connectivity index (χ0n) is 10.4. The lowest BCUT2D eigenvalue weighted by atomic mass is 10.1. The van der Waals surface area contributed by atoms with Crippen molar-refractivity contribution in [3.05, 3.63) is 20.8 Å². The lowest BCUT2D eigenvalue weighted by Gasteiger charge is -2.12. The van der Waals surface area contributed by atoms with E-state index in [9.17, 15) is 9.59 Å². The second-order valence-corrected chi connectivity index (χ2v) is 6.76. The number of carboxylic acids is 1. The van der Waals surface area contributed by atoms with Gasteiger partial charge in [0.25, 0.3) is 0 Å². The highest BCUT2D eigenvalue weighted by atomic mass is 79.9. The summed E-state index contributed by atoms with van der Waals surface area (Å²) in [6.45, 7) is 0. The highest BCUT2D eigenvalue weighted by Crippen LogP contribution is 2.26. The van der Waals surface area contributed by atoms with Gasteiger partial charge in [-0.2, -0.15) is 0 Å². The molecule has 1 heterocycles. The van der Waals surface area contributed by atoms with Crippen LogP contribution in [0.4, 0.5) is 0 Å². The highest BCUT2D eigenvalue weighted by Gasteiger charge is 2.30. The van der Waals surface area contributed by atoms with Crippen molar-refractivity contribution in [2.45, 2.75) is 38.1 Å². The molecule has 0 saturated heterocycles. The quantitative estimate of drug-likeness (QED) is 0.862. The van der Waals surface area contributed by atoms with E-state index in [2.05, 4.69) is 21.2 Å². The van der Waals surface area contributed by atoms with Crippen LogP contribution in [0.2, 0.25) is 0 Å². The first-order valence-corrected chi connectivity index (χ1v) is 7.97. The molecule has 1 aliphatic rings. The number of aliphatic carboxylic acids is 1. The number of amides is 1. The number of rotatable bonds is 5. The van der Waals surface area contributed by atoms with E-state index in [1.54, 1.807) is 11.3 Å². The first-order chi connectivity index (χ1) is 9.04. The van der Waals surface area contributed by atoms with Crippen LogP contribution in [0.25, 0.3) is 0 Å². The van der Waals surface area contributed by atoms with Gasteiger partial charge in [-0.3, -0.25) is 9.59 Å². The molecule has 1 aromatic heterocycles. The van der Waals surface area contributed by atoms with Crippen LogP contribution in [0.5, 0.6) is 0 Å².